The van der Waals surface area contributed by atoms with Crippen LogP contribution in [0.25, 0.3) is 11.3 Å². The number of oxazole rings is 1. The van der Waals surface area contributed by atoms with Crippen molar-refractivity contribution in [3.63, 3.8) is 0 Å². The number of benzene rings is 1. The van der Waals surface area contributed by atoms with E-state index in [4.69, 9.17) is 9.40 Å². The van der Waals surface area contributed by atoms with Gasteiger partial charge in [0.25, 0.3) is 0 Å². The highest BCUT2D eigenvalue weighted by Crippen LogP contribution is 2.44. The van der Waals surface area contributed by atoms with Crippen LogP contribution >= 0.6 is 0 Å². The maximum Gasteiger partial charge on any atom is 0.225 e. The normalized spacial score (nSPS) is 24.8. The monoisotopic (exact) mass is 524 g/mol. The molecule has 1 aliphatic heterocycles. The Bertz CT molecular complexity index is 1300. The van der Waals surface area contributed by atoms with Crippen molar-refractivity contribution < 1.29 is 17.6 Å². The number of aromatic nitrogens is 1. The van der Waals surface area contributed by atoms with Gasteiger partial charge < -0.3 is 14.6 Å². The molecule has 3 fully saturated rings. The molecule has 1 aromatic heterocycles. The van der Waals surface area contributed by atoms with Crippen LogP contribution in [0.3, 0.4) is 0 Å². The number of anilines is 1. The van der Waals surface area contributed by atoms with Crippen LogP contribution in [0.2, 0.25) is 0 Å². The van der Waals surface area contributed by atoms with E-state index in [-0.39, 0.29) is 34.7 Å². The summed E-state index contributed by atoms with van der Waals surface area (Å²) in [7, 11) is -2.94. The van der Waals surface area contributed by atoms with Gasteiger partial charge in [0.15, 0.2) is 15.6 Å². The summed E-state index contributed by atoms with van der Waals surface area (Å²) in [6.07, 6.45) is 5.04. The van der Waals surface area contributed by atoms with Crippen molar-refractivity contribution in [2.24, 2.45) is 5.92 Å². The van der Waals surface area contributed by atoms with E-state index in [0.29, 0.717) is 37.6 Å². The lowest BCUT2D eigenvalue weighted by Crippen LogP contribution is -2.42. The van der Waals surface area contributed by atoms with Crippen LogP contribution in [0.5, 0.6) is 0 Å². The van der Waals surface area contributed by atoms with Gasteiger partial charge in [0.2, 0.25) is 11.8 Å². The molecule has 2 saturated carbocycles. The van der Waals surface area contributed by atoms with Crippen molar-refractivity contribution in [2.75, 3.05) is 29.5 Å². The van der Waals surface area contributed by atoms with Crippen molar-refractivity contribution in [3.05, 3.63) is 35.9 Å². The molecule has 0 bridgehead atoms. The van der Waals surface area contributed by atoms with E-state index in [1.54, 1.807) is 0 Å². The molecule has 0 radical (unpaired) electrons. The SMILES string of the molecule is CC(C)(C)c1nc([C@@H]2CCCC[C@H]2C(=O)NC2(C#N)CC2)c(-c2ccc(N3CCS(=O)(=O)CC3)cc2)o1. The average molecular weight is 525 g/mol. The van der Waals surface area contributed by atoms with Crippen molar-refractivity contribution in [1.82, 2.24) is 10.3 Å². The fourth-order valence-corrected chi connectivity index (χ4v) is 6.60. The molecule has 0 spiro atoms. The molecule has 9 heteroatoms. The Kier molecular flexibility index (Phi) is 6.59. The Morgan fingerprint density at radius 3 is 2.38 bits per heavy atom. The van der Waals surface area contributed by atoms with Gasteiger partial charge in [-0.25, -0.2) is 13.4 Å². The first kappa shape index (κ1) is 25.8. The quantitative estimate of drug-likeness (QED) is 0.619. The number of sulfone groups is 1. The van der Waals surface area contributed by atoms with E-state index >= 15 is 0 Å². The molecular formula is C28H36N4O4S. The predicted octanol–water partition coefficient (Wildman–Crippen LogP) is 4.32. The second kappa shape index (κ2) is 9.46. The zero-order valence-electron chi connectivity index (χ0n) is 21.9. The molecule has 8 nitrogen and oxygen atoms in total. The highest BCUT2D eigenvalue weighted by molar-refractivity contribution is 7.91. The van der Waals surface area contributed by atoms with Crippen LogP contribution in [-0.4, -0.2) is 49.4 Å². The van der Waals surface area contributed by atoms with Crippen molar-refractivity contribution in [1.29, 1.82) is 5.26 Å². The second-order valence-electron chi connectivity index (χ2n) is 11.8. The van der Waals surface area contributed by atoms with Gasteiger partial charge in [0.1, 0.15) is 5.54 Å². The zero-order valence-corrected chi connectivity index (χ0v) is 22.7. The van der Waals surface area contributed by atoms with E-state index in [0.717, 1.165) is 42.6 Å². The highest BCUT2D eigenvalue weighted by atomic mass is 32.2. The first-order chi connectivity index (χ1) is 17.5. The van der Waals surface area contributed by atoms with Gasteiger partial charge in [-0.05, 0) is 49.9 Å². The van der Waals surface area contributed by atoms with Gasteiger partial charge in [0.05, 0.1) is 23.3 Å². The summed E-state index contributed by atoms with van der Waals surface area (Å²) >= 11 is 0. The molecule has 0 unspecified atom stereocenters. The summed E-state index contributed by atoms with van der Waals surface area (Å²) in [4.78, 5) is 20.4. The lowest BCUT2D eigenvalue weighted by Gasteiger charge is -2.30. The van der Waals surface area contributed by atoms with Crippen LogP contribution in [-0.2, 0) is 20.0 Å². The maximum absolute atomic E-state index is 13.3. The molecule has 2 aliphatic carbocycles. The first-order valence-electron chi connectivity index (χ1n) is 13.3. The van der Waals surface area contributed by atoms with Gasteiger partial charge >= 0.3 is 0 Å². The van der Waals surface area contributed by atoms with Gasteiger partial charge in [-0.1, -0.05) is 33.6 Å². The maximum atomic E-state index is 13.3. The lowest BCUT2D eigenvalue weighted by atomic mass is 9.76. The zero-order chi connectivity index (χ0) is 26.4. The Hall–Kier alpha value is -2.86. The summed E-state index contributed by atoms with van der Waals surface area (Å²) in [5, 5.41) is 12.5. The lowest BCUT2D eigenvalue weighted by molar-refractivity contribution is -0.127. The predicted molar refractivity (Wildman–Crippen MR) is 142 cm³/mol. The molecule has 37 heavy (non-hydrogen) atoms. The molecule has 5 rings (SSSR count). The molecule has 198 valence electrons. The molecular weight excluding hydrogens is 488 g/mol. The summed E-state index contributed by atoms with van der Waals surface area (Å²) in [6, 6.07) is 10.3. The van der Waals surface area contributed by atoms with Crippen molar-refractivity contribution in [3.8, 4) is 17.4 Å². The van der Waals surface area contributed by atoms with Gasteiger partial charge in [0, 0.05) is 41.6 Å². The molecule has 2 aromatic rings. The Balaban J connectivity index is 1.45. The molecule has 2 atom stereocenters. The number of hydrogen-bond donors (Lipinski definition) is 1. The number of nitriles is 1. The number of nitrogens with one attached hydrogen (secondary N) is 1. The summed E-state index contributed by atoms with van der Waals surface area (Å²) in [6.45, 7) is 7.18. The van der Waals surface area contributed by atoms with Crippen LogP contribution in [0.1, 0.15) is 76.8 Å². The van der Waals surface area contributed by atoms with E-state index in [2.05, 4.69) is 37.1 Å². The largest absolute Gasteiger partial charge is 0.440 e. The number of carbonyl (C=O) groups excluding carboxylic acids is 1. The summed E-state index contributed by atoms with van der Waals surface area (Å²) in [5.74, 6) is 1.32. The molecule has 2 heterocycles. The van der Waals surface area contributed by atoms with E-state index in [1.165, 1.54) is 0 Å². The second-order valence-corrected chi connectivity index (χ2v) is 14.2. The van der Waals surface area contributed by atoms with Crippen LogP contribution in [0.4, 0.5) is 5.69 Å². The smallest absolute Gasteiger partial charge is 0.225 e. The highest BCUT2D eigenvalue weighted by Gasteiger charge is 2.47. The van der Waals surface area contributed by atoms with Crippen LogP contribution < -0.4 is 10.2 Å². The van der Waals surface area contributed by atoms with Crippen molar-refractivity contribution in [2.45, 2.75) is 76.2 Å². The van der Waals surface area contributed by atoms with E-state index < -0.39 is 15.4 Å². The number of rotatable bonds is 5. The summed E-state index contributed by atoms with van der Waals surface area (Å²) < 4.78 is 30.0. The third-order valence-electron chi connectivity index (χ3n) is 7.91. The topological polar surface area (TPSA) is 116 Å². The Morgan fingerprint density at radius 2 is 1.78 bits per heavy atom. The standard InChI is InChI=1S/C28H36N4O4S/c1-27(2,3)26-30-23(21-6-4-5-7-22(21)25(33)31-28(18-29)12-13-28)24(36-26)19-8-10-20(11-9-19)32-14-16-37(34,35)17-15-32/h8-11,21-22H,4-7,12-17H2,1-3H3,(H,31,33)/t21-,22-/m1/s1. The van der Waals surface area contributed by atoms with Gasteiger partial charge in [-0.15, -0.1) is 0 Å². The third-order valence-corrected chi connectivity index (χ3v) is 9.52. The van der Waals surface area contributed by atoms with Crippen molar-refractivity contribution >= 4 is 21.4 Å². The molecule has 3 aliphatic rings. The average Bonchev–Trinajstić information content (AvgIpc) is 3.49. The Morgan fingerprint density at radius 1 is 1.14 bits per heavy atom. The first-order valence-corrected chi connectivity index (χ1v) is 15.1. The van der Waals surface area contributed by atoms with Gasteiger partial charge in [-0.3, -0.25) is 4.79 Å². The summed E-state index contributed by atoms with van der Waals surface area (Å²) in [5.41, 5.74) is 1.72. The molecule has 1 aromatic carbocycles. The minimum absolute atomic E-state index is 0.0505. The van der Waals surface area contributed by atoms with Crippen LogP contribution in [0.15, 0.2) is 28.7 Å². The molecule has 1 amide bonds. The van der Waals surface area contributed by atoms with Gasteiger partial charge in [-0.2, -0.15) is 5.26 Å². The van der Waals surface area contributed by atoms with E-state index in [9.17, 15) is 18.5 Å². The fourth-order valence-electron chi connectivity index (χ4n) is 5.40. The Labute approximate surface area is 219 Å². The van der Waals surface area contributed by atoms with Crippen LogP contribution in [0, 0.1) is 17.2 Å². The van der Waals surface area contributed by atoms with E-state index in [1.807, 2.05) is 24.3 Å². The minimum atomic E-state index is -2.94. The number of nitrogens with zero attached hydrogens (tertiary/aromatic N) is 3. The number of hydrogen-bond acceptors (Lipinski definition) is 7. The molecule has 1 saturated heterocycles. The molecule has 1 N–H and O–H groups in total. The minimum Gasteiger partial charge on any atom is -0.440 e. The number of carbonyl (C=O) groups is 1. The third kappa shape index (κ3) is 5.40. The number of amides is 1. The fraction of sp³-hybridized carbons (Fsp3) is 0.607.